The first-order valence-electron chi connectivity index (χ1n) is 8.86. The summed E-state index contributed by atoms with van der Waals surface area (Å²) in [7, 11) is 0. The van der Waals surface area contributed by atoms with Gasteiger partial charge in [0.05, 0.1) is 12.3 Å². The number of amides is 2. The summed E-state index contributed by atoms with van der Waals surface area (Å²) in [4.78, 5) is 30.8. The molecule has 7 heteroatoms. The number of carbonyl (C=O) groups excluding carboxylic acids is 2. The van der Waals surface area contributed by atoms with Gasteiger partial charge in [0.1, 0.15) is 5.92 Å². The van der Waals surface area contributed by atoms with Crippen LogP contribution >= 0.6 is 28.1 Å². The predicted octanol–water partition coefficient (Wildman–Crippen LogP) is 3.75. The van der Waals surface area contributed by atoms with E-state index in [1.165, 1.54) is 4.90 Å². The average Bonchev–Trinajstić information content (AvgIpc) is 2.66. The van der Waals surface area contributed by atoms with Crippen LogP contribution < -0.4 is 5.32 Å². The summed E-state index contributed by atoms with van der Waals surface area (Å²) in [6.45, 7) is 3.09. The maximum atomic E-state index is 12.8. The largest absolute Gasteiger partial charge is 0.352 e. The Hall–Kier alpha value is -2.12. The van der Waals surface area contributed by atoms with Crippen molar-refractivity contribution in [2.45, 2.75) is 26.3 Å². The fourth-order valence-electron chi connectivity index (χ4n) is 2.88. The number of unbranched alkanes of at least 4 members (excludes halogenated alkanes) is 1. The van der Waals surface area contributed by atoms with Gasteiger partial charge in [-0.05, 0) is 48.5 Å². The van der Waals surface area contributed by atoms with Gasteiger partial charge in [-0.1, -0.05) is 47.5 Å². The van der Waals surface area contributed by atoms with Crippen molar-refractivity contribution in [1.82, 2.24) is 10.2 Å². The van der Waals surface area contributed by atoms with Gasteiger partial charge in [-0.25, -0.2) is 4.99 Å². The molecule has 0 bridgehead atoms. The Balaban J connectivity index is 1.69. The molecule has 0 saturated carbocycles. The first-order valence-corrected chi connectivity index (χ1v) is 10.1. The lowest BCUT2D eigenvalue weighted by Gasteiger charge is -2.30. The molecule has 1 unspecified atom stereocenters. The summed E-state index contributed by atoms with van der Waals surface area (Å²) in [5, 5.41) is 3.16. The van der Waals surface area contributed by atoms with Crippen molar-refractivity contribution in [3.63, 3.8) is 0 Å². The van der Waals surface area contributed by atoms with E-state index in [0.717, 1.165) is 22.9 Å². The molecule has 2 aliphatic rings. The molecule has 3 rings (SSSR count). The normalized spacial score (nSPS) is 18.7. The second kappa shape index (κ2) is 8.71. The number of fused-ring (bicyclic) bond motifs is 1. The van der Waals surface area contributed by atoms with E-state index in [1.807, 2.05) is 30.4 Å². The minimum atomic E-state index is -0.417. The monoisotopic (exact) mass is 445 g/mol. The minimum Gasteiger partial charge on any atom is -0.352 e. The molecule has 1 heterocycles. The molecule has 140 valence electrons. The Labute approximate surface area is 172 Å². The number of halogens is 1. The molecule has 27 heavy (non-hydrogen) atoms. The molecule has 1 aromatic carbocycles. The molecule has 1 aliphatic carbocycles. The van der Waals surface area contributed by atoms with Gasteiger partial charge in [0.25, 0.3) is 5.91 Å². The Morgan fingerprint density at radius 2 is 2.04 bits per heavy atom. The number of carbonyl (C=O) groups is 2. The van der Waals surface area contributed by atoms with Gasteiger partial charge in [0.2, 0.25) is 11.0 Å². The molecule has 0 fully saturated rings. The summed E-state index contributed by atoms with van der Waals surface area (Å²) in [5.41, 5.74) is 2.17. The van der Waals surface area contributed by atoms with Crippen LogP contribution in [0.25, 0.3) is 0 Å². The Morgan fingerprint density at radius 1 is 1.30 bits per heavy atom. The summed E-state index contributed by atoms with van der Waals surface area (Å²) >= 11 is 8.72. The predicted molar refractivity (Wildman–Crippen MR) is 114 cm³/mol. The molecule has 5 nitrogen and oxygen atoms in total. The highest BCUT2D eigenvalue weighted by atomic mass is 79.9. The zero-order valence-electron chi connectivity index (χ0n) is 14.9. The number of nitrogens with one attached hydrogen (secondary N) is 1. The van der Waals surface area contributed by atoms with Crippen LogP contribution in [0.15, 0.2) is 52.0 Å². The third-order valence-corrected chi connectivity index (χ3v) is 5.26. The molecule has 1 aromatic rings. The van der Waals surface area contributed by atoms with Crippen LogP contribution in [0.2, 0.25) is 0 Å². The lowest BCUT2D eigenvalue weighted by molar-refractivity contribution is -0.128. The fourth-order valence-corrected chi connectivity index (χ4v) is 3.53. The van der Waals surface area contributed by atoms with Crippen LogP contribution in [-0.4, -0.2) is 34.1 Å². The molecule has 2 amide bonds. The second-order valence-corrected chi connectivity index (χ2v) is 7.69. The van der Waals surface area contributed by atoms with Crippen LogP contribution in [0.3, 0.4) is 0 Å². The van der Waals surface area contributed by atoms with E-state index in [4.69, 9.17) is 12.2 Å². The molecule has 1 aliphatic heterocycles. The molecule has 0 aromatic heterocycles. The van der Waals surface area contributed by atoms with Crippen molar-refractivity contribution in [1.29, 1.82) is 0 Å². The summed E-state index contributed by atoms with van der Waals surface area (Å²) in [5.74, 6) is -0.592. The fraction of sp³-hybridized carbons (Fsp3) is 0.300. The van der Waals surface area contributed by atoms with Gasteiger partial charge in [-0.3, -0.25) is 14.5 Å². The molecule has 0 radical (unpaired) electrons. The lowest BCUT2D eigenvalue weighted by atomic mass is 9.95. The molecular formula is C20H20BrN3O2S. The highest BCUT2D eigenvalue weighted by Gasteiger charge is 2.34. The number of rotatable bonds is 6. The van der Waals surface area contributed by atoms with E-state index >= 15 is 0 Å². The molecule has 0 saturated heterocycles. The van der Waals surface area contributed by atoms with Crippen molar-refractivity contribution in [2.75, 3.05) is 6.54 Å². The second-order valence-electron chi connectivity index (χ2n) is 6.41. The first kappa shape index (κ1) is 19.6. The van der Waals surface area contributed by atoms with E-state index in [2.05, 4.69) is 33.2 Å². The van der Waals surface area contributed by atoms with Crippen LogP contribution in [0.1, 0.15) is 35.7 Å². The number of benzene rings is 1. The number of allylic oxidation sites excluding steroid dienone is 3. The standard InChI is InChI=1S/C20H20BrN3O2S/c1-2-3-10-22-18(25)14-6-4-13(5-7-14)12-24-19(26)16-11-15(21)8-9-17(16)23-20(24)27/h4-9,11,16H,2-3,10,12H2,1H3,(H,22,25). The molecular weight excluding hydrogens is 426 g/mol. The van der Waals surface area contributed by atoms with E-state index in [0.29, 0.717) is 24.4 Å². The Bertz CT molecular complexity index is 858. The molecule has 0 spiro atoms. The van der Waals surface area contributed by atoms with E-state index < -0.39 is 5.92 Å². The smallest absolute Gasteiger partial charge is 0.251 e. The van der Waals surface area contributed by atoms with Gasteiger partial charge in [-0.2, -0.15) is 0 Å². The van der Waals surface area contributed by atoms with Crippen LogP contribution in [0, 0.1) is 5.92 Å². The summed E-state index contributed by atoms with van der Waals surface area (Å²) in [6.07, 6.45) is 7.49. The van der Waals surface area contributed by atoms with E-state index in [-0.39, 0.29) is 16.9 Å². The summed E-state index contributed by atoms with van der Waals surface area (Å²) < 4.78 is 0.853. The first-order chi connectivity index (χ1) is 13.0. The van der Waals surface area contributed by atoms with E-state index in [9.17, 15) is 9.59 Å². The maximum absolute atomic E-state index is 12.8. The van der Waals surface area contributed by atoms with Gasteiger partial charge < -0.3 is 5.32 Å². The van der Waals surface area contributed by atoms with Crippen molar-refractivity contribution >= 4 is 50.8 Å². The van der Waals surface area contributed by atoms with Gasteiger partial charge >= 0.3 is 0 Å². The highest BCUT2D eigenvalue weighted by Crippen LogP contribution is 2.26. The van der Waals surface area contributed by atoms with E-state index in [1.54, 1.807) is 12.1 Å². The summed E-state index contributed by atoms with van der Waals surface area (Å²) in [6, 6.07) is 7.22. The van der Waals surface area contributed by atoms with Crippen LogP contribution in [0.5, 0.6) is 0 Å². The number of hydrogen-bond donors (Lipinski definition) is 1. The van der Waals surface area contributed by atoms with Crippen LogP contribution in [-0.2, 0) is 11.3 Å². The Morgan fingerprint density at radius 3 is 2.74 bits per heavy atom. The van der Waals surface area contributed by atoms with Crippen molar-refractivity contribution in [2.24, 2.45) is 10.9 Å². The molecule has 1 N–H and O–H groups in total. The zero-order valence-corrected chi connectivity index (χ0v) is 17.3. The zero-order chi connectivity index (χ0) is 19.4. The number of aliphatic imine (C=N–C) groups is 1. The minimum absolute atomic E-state index is 0.0854. The third-order valence-electron chi connectivity index (χ3n) is 4.42. The Kier molecular flexibility index (Phi) is 6.34. The lowest BCUT2D eigenvalue weighted by Crippen LogP contribution is -2.45. The number of hydrogen-bond acceptors (Lipinski definition) is 3. The highest BCUT2D eigenvalue weighted by molar-refractivity contribution is 9.11. The average molecular weight is 446 g/mol. The third kappa shape index (κ3) is 4.59. The number of nitrogens with zero attached hydrogens (tertiary/aromatic N) is 2. The van der Waals surface area contributed by atoms with Gasteiger partial charge in [-0.15, -0.1) is 0 Å². The topological polar surface area (TPSA) is 61.8 Å². The van der Waals surface area contributed by atoms with Crippen LogP contribution in [0.4, 0.5) is 0 Å². The molecule has 1 atom stereocenters. The van der Waals surface area contributed by atoms with Gasteiger partial charge in [0.15, 0.2) is 0 Å². The van der Waals surface area contributed by atoms with Crippen molar-refractivity contribution in [3.05, 3.63) is 58.1 Å². The number of thiocarbonyl (C=S) groups is 1. The quantitative estimate of drug-likeness (QED) is 0.535. The van der Waals surface area contributed by atoms with Crippen molar-refractivity contribution in [3.8, 4) is 0 Å². The SMILES string of the molecule is CCCCNC(=O)c1ccc(CN2C(=O)C3C=C(Br)C=CC3=NC2=S)cc1. The van der Waals surface area contributed by atoms with Gasteiger partial charge in [0, 0.05) is 16.6 Å². The van der Waals surface area contributed by atoms with Crippen molar-refractivity contribution < 1.29 is 9.59 Å². The maximum Gasteiger partial charge on any atom is 0.251 e.